The molecule has 0 aromatic heterocycles. The van der Waals surface area contributed by atoms with Gasteiger partial charge in [-0.15, -0.1) is 0 Å². The molecule has 0 heteroatoms. The second-order valence-corrected chi connectivity index (χ2v) is 4.27. The van der Waals surface area contributed by atoms with Gasteiger partial charge in [0.1, 0.15) is 0 Å². The van der Waals surface area contributed by atoms with Crippen LogP contribution in [0.25, 0.3) is 27.6 Å². The number of hydrogen-bond acceptors (Lipinski definition) is 0. The smallest absolute Gasteiger partial charge is 0.00995 e. The quantitative estimate of drug-likeness (QED) is 0.503. The first kappa shape index (κ1) is 10.1. The highest BCUT2D eigenvalue weighted by molar-refractivity contribution is 6.07. The third-order valence-corrected chi connectivity index (χ3v) is 3.13. The molecular formula is C17H14. The molecule has 3 aromatic rings. The SMILES string of the molecule is CC=Cc1ccc2ccc3ccccc3c2c1. The minimum Gasteiger partial charge on any atom is -0.0871 e. The summed E-state index contributed by atoms with van der Waals surface area (Å²) in [6.07, 6.45) is 4.22. The van der Waals surface area contributed by atoms with Gasteiger partial charge >= 0.3 is 0 Å². The minimum atomic E-state index is 1.26. The lowest BCUT2D eigenvalue weighted by atomic mass is 10.00. The van der Waals surface area contributed by atoms with Gasteiger partial charge in [-0.3, -0.25) is 0 Å². The summed E-state index contributed by atoms with van der Waals surface area (Å²) < 4.78 is 0. The summed E-state index contributed by atoms with van der Waals surface area (Å²) in [6, 6.07) is 19.5. The van der Waals surface area contributed by atoms with Crippen LogP contribution in [0.3, 0.4) is 0 Å². The van der Waals surface area contributed by atoms with Crippen molar-refractivity contribution in [2.75, 3.05) is 0 Å². The normalized spacial score (nSPS) is 11.6. The van der Waals surface area contributed by atoms with Crippen LogP contribution in [0.15, 0.2) is 60.7 Å². The summed E-state index contributed by atoms with van der Waals surface area (Å²) in [5, 5.41) is 5.27. The van der Waals surface area contributed by atoms with Crippen molar-refractivity contribution in [1.82, 2.24) is 0 Å². The largest absolute Gasteiger partial charge is 0.0871 e. The predicted molar refractivity (Wildman–Crippen MR) is 76.2 cm³/mol. The molecule has 0 spiro atoms. The molecule has 0 saturated carbocycles. The molecule has 3 aromatic carbocycles. The highest BCUT2D eigenvalue weighted by Crippen LogP contribution is 2.26. The summed E-state index contributed by atoms with van der Waals surface area (Å²) in [7, 11) is 0. The maximum Gasteiger partial charge on any atom is -0.00995 e. The van der Waals surface area contributed by atoms with Crippen LogP contribution in [0.1, 0.15) is 12.5 Å². The standard InChI is InChI=1S/C17H14/c1-2-5-13-8-9-15-11-10-14-6-3-4-7-16(14)17(15)12-13/h2-12H,1H3. The van der Waals surface area contributed by atoms with Gasteiger partial charge in [0.25, 0.3) is 0 Å². The number of hydrogen-bond donors (Lipinski definition) is 0. The van der Waals surface area contributed by atoms with Crippen molar-refractivity contribution < 1.29 is 0 Å². The third kappa shape index (κ3) is 1.72. The van der Waals surface area contributed by atoms with Gasteiger partial charge in [0.2, 0.25) is 0 Å². The van der Waals surface area contributed by atoms with Crippen molar-refractivity contribution in [2.45, 2.75) is 6.92 Å². The highest BCUT2D eigenvalue weighted by atomic mass is 14.0. The lowest BCUT2D eigenvalue weighted by molar-refractivity contribution is 1.70. The first-order chi connectivity index (χ1) is 8.38. The fourth-order valence-electron chi connectivity index (χ4n) is 2.32. The number of benzene rings is 3. The van der Waals surface area contributed by atoms with Crippen LogP contribution in [0.4, 0.5) is 0 Å². The Morgan fingerprint density at radius 3 is 2.29 bits per heavy atom. The van der Waals surface area contributed by atoms with E-state index in [9.17, 15) is 0 Å². The van der Waals surface area contributed by atoms with Gasteiger partial charge in [0.15, 0.2) is 0 Å². The zero-order valence-electron chi connectivity index (χ0n) is 9.85. The van der Waals surface area contributed by atoms with Gasteiger partial charge in [0.05, 0.1) is 0 Å². The molecule has 0 aliphatic heterocycles. The van der Waals surface area contributed by atoms with Gasteiger partial charge in [-0.25, -0.2) is 0 Å². The van der Waals surface area contributed by atoms with E-state index in [-0.39, 0.29) is 0 Å². The molecule has 0 unspecified atom stereocenters. The molecule has 0 aliphatic carbocycles. The highest BCUT2D eigenvalue weighted by Gasteiger charge is 1.99. The molecule has 17 heavy (non-hydrogen) atoms. The van der Waals surface area contributed by atoms with Crippen molar-refractivity contribution in [3.63, 3.8) is 0 Å². The molecule has 0 radical (unpaired) electrons. The lowest BCUT2D eigenvalue weighted by Crippen LogP contribution is -1.79. The molecule has 0 nitrogen and oxygen atoms in total. The fraction of sp³-hybridized carbons (Fsp3) is 0.0588. The van der Waals surface area contributed by atoms with Crippen LogP contribution in [-0.4, -0.2) is 0 Å². The third-order valence-electron chi connectivity index (χ3n) is 3.13. The zero-order valence-corrected chi connectivity index (χ0v) is 9.85. The van der Waals surface area contributed by atoms with E-state index in [0.29, 0.717) is 0 Å². The Hall–Kier alpha value is -2.08. The Morgan fingerprint density at radius 2 is 1.47 bits per heavy atom. The Labute approximate surface area is 101 Å². The Morgan fingerprint density at radius 1 is 0.765 bits per heavy atom. The summed E-state index contributed by atoms with van der Waals surface area (Å²) in [5.41, 5.74) is 1.26. The maximum absolute atomic E-state index is 2.26. The molecule has 0 fully saturated rings. The molecular weight excluding hydrogens is 204 g/mol. The first-order valence-corrected chi connectivity index (χ1v) is 5.93. The first-order valence-electron chi connectivity index (χ1n) is 5.93. The van der Waals surface area contributed by atoms with E-state index >= 15 is 0 Å². The number of allylic oxidation sites excluding steroid dienone is 1. The van der Waals surface area contributed by atoms with Gasteiger partial charge in [-0.2, -0.15) is 0 Å². The number of fused-ring (bicyclic) bond motifs is 3. The molecule has 0 aliphatic rings. The fourth-order valence-corrected chi connectivity index (χ4v) is 2.32. The van der Waals surface area contributed by atoms with E-state index in [2.05, 4.69) is 66.7 Å². The molecule has 0 atom stereocenters. The second-order valence-electron chi connectivity index (χ2n) is 4.27. The van der Waals surface area contributed by atoms with Crippen LogP contribution in [0.2, 0.25) is 0 Å². The maximum atomic E-state index is 2.26. The van der Waals surface area contributed by atoms with Gasteiger partial charge in [-0.05, 0) is 40.1 Å². The molecule has 0 saturated heterocycles. The summed E-state index contributed by atoms with van der Waals surface area (Å²) in [5.74, 6) is 0. The van der Waals surface area contributed by atoms with Crippen molar-refractivity contribution in [1.29, 1.82) is 0 Å². The van der Waals surface area contributed by atoms with Crippen LogP contribution in [0, 0.1) is 0 Å². The molecule has 0 bridgehead atoms. The topological polar surface area (TPSA) is 0 Å². The predicted octanol–water partition coefficient (Wildman–Crippen LogP) is 5.03. The Bertz CT molecular complexity index is 705. The zero-order chi connectivity index (χ0) is 11.7. The van der Waals surface area contributed by atoms with Crippen LogP contribution in [0.5, 0.6) is 0 Å². The average Bonchev–Trinajstić information content (AvgIpc) is 2.39. The minimum absolute atomic E-state index is 1.26. The van der Waals surface area contributed by atoms with Crippen molar-refractivity contribution >= 4 is 27.6 Å². The average molecular weight is 218 g/mol. The van der Waals surface area contributed by atoms with E-state index < -0.39 is 0 Å². The van der Waals surface area contributed by atoms with Crippen molar-refractivity contribution in [3.05, 3.63) is 66.2 Å². The van der Waals surface area contributed by atoms with E-state index in [4.69, 9.17) is 0 Å². The van der Waals surface area contributed by atoms with Crippen molar-refractivity contribution in [3.8, 4) is 0 Å². The Balaban J connectivity index is 2.42. The van der Waals surface area contributed by atoms with E-state index in [1.807, 2.05) is 6.92 Å². The monoisotopic (exact) mass is 218 g/mol. The second kappa shape index (κ2) is 4.06. The lowest BCUT2D eigenvalue weighted by Gasteiger charge is -2.04. The summed E-state index contributed by atoms with van der Waals surface area (Å²) in [4.78, 5) is 0. The van der Waals surface area contributed by atoms with Crippen LogP contribution >= 0.6 is 0 Å². The van der Waals surface area contributed by atoms with E-state index in [0.717, 1.165) is 0 Å². The van der Waals surface area contributed by atoms with E-state index in [1.165, 1.54) is 27.1 Å². The number of rotatable bonds is 1. The van der Waals surface area contributed by atoms with Gasteiger partial charge in [-0.1, -0.05) is 60.7 Å². The molecule has 82 valence electrons. The van der Waals surface area contributed by atoms with Gasteiger partial charge < -0.3 is 0 Å². The molecule has 0 N–H and O–H groups in total. The Kier molecular flexibility index (Phi) is 2.41. The summed E-state index contributed by atoms with van der Waals surface area (Å²) in [6.45, 7) is 2.05. The summed E-state index contributed by atoms with van der Waals surface area (Å²) >= 11 is 0. The van der Waals surface area contributed by atoms with Crippen LogP contribution in [-0.2, 0) is 0 Å². The van der Waals surface area contributed by atoms with Gasteiger partial charge in [0, 0.05) is 0 Å². The van der Waals surface area contributed by atoms with Crippen LogP contribution < -0.4 is 0 Å². The van der Waals surface area contributed by atoms with Crippen molar-refractivity contribution in [2.24, 2.45) is 0 Å². The van der Waals surface area contributed by atoms with E-state index in [1.54, 1.807) is 0 Å². The molecule has 0 heterocycles. The molecule has 3 rings (SSSR count). The molecule has 0 amide bonds.